The third kappa shape index (κ3) is 4.20. The van der Waals surface area contributed by atoms with Crippen molar-refractivity contribution >= 4 is 28.6 Å². The Labute approximate surface area is 168 Å². The fraction of sp³-hybridized carbons (Fsp3) is 0.0500. The first-order valence-electron chi connectivity index (χ1n) is 8.23. The monoisotopic (exact) mass is 417 g/mol. The number of ether oxygens (including phenoxy) is 1. The van der Waals surface area contributed by atoms with Crippen molar-refractivity contribution in [3.8, 4) is 22.6 Å². The van der Waals surface area contributed by atoms with Crippen LogP contribution in [0.15, 0.2) is 60.7 Å². The lowest BCUT2D eigenvalue weighted by Crippen LogP contribution is -2.19. The smallest absolute Gasteiger partial charge is 0.339 e. The molecule has 0 aliphatic heterocycles. The lowest BCUT2D eigenvalue weighted by atomic mass is 10.0. The number of aromatic carboxylic acids is 1. The molecule has 0 aliphatic rings. The Morgan fingerprint density at radius 2 is 1.72 bits per heavy atom. The molecular weight excluding hydrogens is 401 g/mol. The number of benzene rings is 3. The number of hydrogen-bond donors (Lipinski definition) is 3. The summed E-state index contributed by atoms with van der Waals surface area (Å²) < 4.78 is 41.7. The minimum atomic E-state index is -2.52. The van der Waals surface area contributed by atoms with Gasteiger partial charge in [0.15, 0.2) is 11.6 Å². The minimum Gasteiger partial charge on any atom is -0.507 e. The molecule has 150 valence electrons. The van der Waals surface area contributed by atoms with Crippen molar-refractivity contribution in [2.75, 3.05) is 11.4 Å². The Morgan fingerprint density at radius 3 is 2.31 bits per heavy atom. The van der Waals surface area contributed by atoms with E-state index < -0.39 is 28.8 Å². The highest BCUT2D eigenvalue weighted by Crippen LogP contribution is 2.34. The molecule has 9 heteroatoms. The quantitative estimate of drug-likeness (QED) is 0.520. The zero-order valence-electron chi connectivity index (χ0n) is 15.1. The van der Waals surface area contributed by atoms with Crippen LogP contribution in [0.5, 0.6) is 11.5 Å². The highest BCUT2D eigenvalue weighted by molar-refractivity contribution is 7.81. The van der Waals surface area contributed by atoms with Crippen molar-refractivity contribution in [3.63, 3.8) is 0 Å². The molecule has 0 bridgehead atoms. The highest BCUT2D eigenvalue weighted by Gasteiger charge is 2.19. The van der Waals surface area contributed by atoms with Gasteiger partial charge in [0.25, 0.3) is 11.3 Å². The Balaban J connectivity index is 2.05. The van der Waals surface area contributed by atoms with Gasteiger partial charge in [0.2, 0.25) is 0 Å². The number of hydrogen-bond acceptors (Lipinski definition) is 4. The number of halogens is 1. The largest absolute Gasteiger partial charge is 0.507 e. The number of carboxylic acid groups (broad SMARTS) is 1. The molecule has 0 aliphatic carbocycles. The maximum Gasteiger partial charge on any atom is 0.339 e. The standard InChI is InChI=1S/C20H16FNO6S/c1-28-19-8-5-13(10-17(19)21)12-3-2-4-14(9-12)22(29(26)27)15-6-7-16(20(24)25)18(23)11-15/h2-11,23H,1H3,(H,24,25)(H,26,27). The van der Waals surface area contributed by atoms with E-state index in [1.165, 1.54) is 25.3 Å². The molecule has 0 radical (unpaired) electrons. The zero-order valence-corrected chi connectivity index (χ0v) is 15.9. The molecule has 7 nitrogen and oxygen atoms in total. The summed E-state index contributed by atoms with van der Waals surface area (Å²) in [5.74, 6) is -2.32. The Morgan fingerprint density at radius 1 is 1.03 bits per heavy atom. The summed E-state index contributed by atoms with van der Waals surface area (Å²) in [6.07, 6.45) is 0. The number of anilines is 2. The average Bonchev–Trinajstić information content (AvgIpc) is 2.68. The summed E-state index contributed by atoms with van der Waals surface area (Å²) in [5, 5.41) is 18.9. The fourth-order valence-electron chi connectivity index (χ4n) is 2.81. The molecule has 1 atom stereocenters. The zero-order chi connectivity index (χ0) is 21.1. The first kappa shape index (κ1) is 20.3. The van der Waals surface area contributed by atoms with Gasteiger partial charge in [-0.2, -0.15) is 0 Å². The second-order valence-corrected chi connectivity index (χ2v) is 6.76. The number of carbonyl (C=O) groups is 1. The number of nitrogens with zero attached hydrogens (tertiary/aromatic N) is 1. The SMILES string of the molecule is COc1ccc(-c2cccc(N(c3ccc(C(=O)O)c(O)c3)S(=O)O)c2)cc1F. The average molecular weight is 417 g/mol. The molecule has 0 saturated heterocycles. The van der Waals surface area contributed by atoms with E-state index in [0.717, 1.165) is 16.4 Å². The van der Waals surface area contributed by atoms with Gasteiger partial charge in [-0.05, 0) is 47.5 Å². The van der Waals surface area contributed by atoms with Crippen molar-refractivity contribution in [2.24, 2.45) is 0 Å². The lowest BCUT2D eigenvalue weighted by molar-refractivity contribution is 0.0693. The van der Waals surface area contributed by atoms with Crippen molar-refractivity contribution < 1.29 is 32.9 Å². The predicted octanol–water partition coefficient (Wildman–Crippen LogP) is 4.18. The van der Waals surface area contributed by atoms with Crippen LogP contribution in [0.25, 0.3) is 11.1 Å². The molecule has 0 saturated carbocycles. The molecule has 3 N–H and O–H groups in total. The van der Waals surface area contributed by atoms with Gasteiger partial charge in [-0.15, -0.1) is 0 Å². The van der Waals surface area contributed by atoms with Crippen LogP contribution in [0.1, 0.15) is 10.4 Å². The predicted molar refractivity (Wildman–Crippen MR) is 106 cm³/mol. The van der Waals surface area contributed by atoms with Crippen molar-refractivity contribution in [2.45, 2.75) is 0 Å². The summed E-state index contributed by atoms with van der Waals surface area (Å²) in [6.45, 7) is 0. The van der Waals surface area contributed by atoms with Crippen LogP contribution >= 0.6 is 0 Å². The molecule has 0 fully saturated rings. The van der Waals surface area contributed by atoms with Gasteiger partial charge in [-0.3, -0.25) is 4.55 Å². The summed E-state index contributed by atoms with van der Waals surface area (Å²) in [5.41, 5.74) is 1.15. The Bertz CT molecular complexity index is 1100. The third-order valence-electron chi connectivity index (χ3n) is 4.17. The van der Waals surface area contributed by atoms with Crippen molar-refractivity contribution in [3.05, 3.63) is 72.0 Å². The maximum atomic E-state index is 14.0. The van der Waals surface area contributed by atoms with Crippen LogP contribution in [0.2, 0.25) is 0 Å². The van der Waals surface area contributed by atoms with Gasteiger partial charge in [-0.1, -0.05) is 18.2 Å². The number of methoxy groups -OCH3 is 1. The molecule has 1 unspecified atom stereocenters. The Kier molecular flexibility index (Phi) is 5.81. The lowest BCUT2D eigenvalue weighted by Gasteiger charge is -2.21. The van der Waals surface area contributed by atoms with Crippen LogP contribution < -0.4 is 9.04 Å². The van der Waals surface area contributed by atoms with Gasteiger partial charge < -0.3 is 14.9 Å². The van der Waals surface area contributed by atoms with E-state index in [0.29, 0.717) is 11.1 Å². The van der Waals surface area contributed by atoms with E-state index in [4.69, 9.17) is 9.84 Å². The molecule has 3 aromatic rings. The number of rotatable bonds is 6. The van der Waals surface area contributed by atoms with Crippen LogP contribution in [0.4, 0.5) is 15.8 Å². The summed E-state index contributed by atoms with van der Waals surface area (Å²) in [4.78, 5) is 11.1. The molecule has 3 rings (SSSR count). The highest BCUT2D eigenvalue weighted by atomic mass is 32.2. The number of aromatic hydroxyl groups is 1. The van der Waals surface area contributed by atoms with Crippen molar-refractivity contribution in [1.29, 1.82) is 0 Å². The topological polar surface area (TPSA) is 107 Å². The molecule has 0 heterocycles. The van der Waals surface area contributed by atoms with E-state index in [-0.39, 0.29) is 22.7 Å². The van der Waals surface area contributed by atoms with Gasteiger partial charge in [0.1, 0.15) is 11.3 Å². The van der Waals surface area contributed by atoms with E-state index in [9.17, 15) is 23.1 Å². The van der Waals surface area contributed by atoms with Gasteiger partial charge in [0, 0.05) is 6.07 Å². The molecule has 29 heavy (non-hydrogen) atoms. The second-order valence-electron chi connectivity index (χ2n) is 5.93. The van der Waals surface area contributed by atoms with Gasteiger partial charge >= 0.3 is 5.97 Å². The first-order valence-corrected chi connectivity index (χ1v) is 9.29. The number of phenols is 1. The summed E-state index contributed by atoms with van der Waals surface area (Å²) in [6, 6.07) is 14.4. The summed E-state index contributed by atoms with van der Waals surface area (Å²) in [7, 11) is 1.36. The first-order chi connectivity index (χ1) is 13.8. The molecule has 0 spiro atoms. The van der Waals surface area contributed by atoms with Crippen molar-refractivity contribution in [1.82, 2.24) is 0 Å². The second kappa shape index (κ2) is 8.29. The number of carboxylic acids is 1. The normalized spacial score (nSPS) is 11.7. The molecular formula is C20H16FNO6S. The van der Waals surface area contributed by atoms with Crippen LogP contribution in [0.3, 0.4) is 0 Å². The maximum absolute atomic E-state index is 14.0. The minimum absolute atomic E-state index is 0.0944. The fourth-order valence-corrected chi connectivity index (χ4v) is 3.40. The van der Waals surface area contributed by atoms with E-state index in [2.05, 4.69) is 0 Å². The van der Waals surface area contributed by atoms with Gasteiger partial charge in [-0.25, -0.2) is 17.7 Å². The molecule has 0 aromatic heterocycles. The summed E-state index contributed by atoms with van der Waals surface area (Å²) >= 11 is -2.52. The van der Waals surface area contributed by atoms with Crippen LogP contribution in [0, 0.1) is 5.82 Å². The van der Waals surface area contributed by atoms with E-state index in [1.807, 2.05) is 0 Å². The van der Waals surface area contributed by atoms with E-state index in [1.54, 1.807) is 30.3 Å². The molecule has 3 aromatic carbocycles. The van der Waals surface area contributed by atoms with E-state index >= 15 is 0 Å². The molecule has 0 amide bonds. The van der Waals surface area contributed by atoms with Gasteiger partial charge in [0.05, 0.1) is 18.5 Å². The van der Waals surface area contributed by atoms with Crippen LogP contribution in [-0.2, 0) is 11.3 Å². The third-order valence-corrected chi connectivity index (χ3v) is 4.90. The Hall–Kier alpha value is -3.43. The van der Waals surface area contributed by atoms with Crippen LogP contribution in [-0.4, -0.2) is 32.1 Å².